The average molecular weight is 355 g/mol. The minimum absolute atomic E-state index is 0.363. The number of carbonyl (C=O) groups excluding carboxylic acids is 1. The summed E-state index contributed by atoms with van der Waals surface area (Å²) in [4.78, 5) is 16.1. The average Bonchev–Trinajstić information content (AvgIpc) is 2.30. The maximum Gasteiger partial charge on any atom is 0.356 e. The molecule has 2 rings (SSSR count). The fourth-order valence-corrected chi connectivity index (χ4v) is 2.66. The van der Waals surface area contributed by atoms with Crippen molar-refractivity contribution in [1.82, 2.24) is 4.98 Å². The maximum absolute atomic E-state index is 11.7. The minimum Gasteiger partial charge on any atom is -0.461 e. The van der Waals surface area contributed by atoms with Gasteiger partial charge < -0.3 is 4.74 Å². The SMILES string of the molecule is CCOC(=O)c1cc(I)c2cc(C)cc(C)c2n1. The Labute approximate surface area is 120 Å². The van der Waals surface area contributed by atoms with Gasteiger partial charge in [-0.1, -0.05) is 11.6 Å². The van der Waals surface area contributed by atoms with Crippen molar-refractivity contribution in [3.8, 4) is 0 Å². The van der Waals surface area contributed by atoms with Crippen molar-refractivity contribution in [3.63, 3.8) is 0 Å². The van der Waals surface area contributed by atoms with Gasteiger partial charge in [-0.3, -0.25) is 0 Å². The molecule has 3 nitrogen and oxygen atoms in total. The monoisotopic (exact) mass is 355 g/mol. The van der Waals surface area contributed by atoms with Crippen LogP contribution in [0, 0.1) is 17.4 Å². The molecule has 0 radical (unpaired) electrons. The van der Waals surface area contributed by atoms with Crippen LogP contribution in [0.3, 0.4) is 0 Å². The van der Waals surface area contributed by atoms with E-state index in [1.165, 1.54) is 5.56 Å². The first-order valence-electron chi connectivity index (χ1n) is 5.77. The highest BCUT2D eigenvalue weighted by Crippen LogP contribution is 2.24. The van der Waals surface area contributed by atoms with Crippen LogP contribution in [0.1, 0.15) is 28.5 Å². The Morgan fingerprint density at radius 3 is 2.72 bits per heavy atom. The zero-order chi connectivity index (χ0) is 13.3. The summed E-state index contributed by atoms with van der Waals surface area (Å²) >= 11 is 2.23. The van der Waals surface area contributed by atoms with Crippen LogP contribution < -0.4 is 0 Å². The molecule has 1 heterocycles. The Bertz CT molecular complexity index is 623. The van der Waals surface area contributed by atoms with E-state index in [9.17, 15) is 4.79 Å². The van der Waals surface area contributed by atoms with Gasteiger partial charge in [0.2, 0.25) is 0 Å². The third-order valence-electron chi connectivity index (χ3n) is 2.68. The predicted molar refractivity (Wildman–Crippen MR) is 79.9 cm³/mol. The van der Waals surface area contributed by atoms with Crippen molar-refractivity contribution in [2.45, 2.75) is 20.8 Å². The smallest absolute Gasteiger partial charge is 0.356 e. The number of hydrogen-bond acceptors (Lipinski definition) is 3. The zero-order valence-corrected chi connectivity index (χ0v) is 12.7. The lowest BCUT2D eigenvalue weighted by Gasteiger charge is -2.08. The van der Waals surface area contributed by atoms with Crippen molar-refractivity contribution < 1.29 is 9.53 Å². The van der Waals surface area contributed by atoms with Crippen LogP contribution in [-0.4, -0.2) is 17.6 Å². The van der Waals surface area contributed by atoms with Crippen molar-refractivity contribution in [1.29, 1.82) is 0 Å². The van der Waals surface area contributed by atoms with E-state index in [-0.39, 0.29) is 5.97 Å². The van der Waals surface area contributed by atoms with E-state index in [4.69, 9.17) is 4.74 Å². The third-order valence-corrected chi connectivity index (χ3v) is 3.57. The number of nitrogens with zero attached hydrogens (tertiary/aromatic N) is 1. The molecule has 18 heavy (non-hydrogen) atoms. The van der Waals surface area contributed by atoms with Gasteiger partial charge in [-0.15, -0.1) is 0 Å². The number of fused-ring (bicyclic) bond motifs is 1. The van der Waals surface area contributed by atoms with Gasteiger partial charge in [-0.2, -0.15) is 0 Å². The number of ether oxygens (including phenoxy) is 1. The first kappa shape index (κ1) is 13.3. The molecule has 0 aliphatic heterocycles. The number of halogens is 1. The quantitative estimate of drug-likeness (QED) is 0.610. The van der Waals surface area contributed by atoms with Crippen molar-refractivity contribution >= 4 is 39.5 Å². The van der Waals surface area contributed by atoms with E-state index >= 15 is 0 Å². The fraction of sp³-hybridized carbons (Fsp3) is 0.286. The van der Waals surface area contributed by atoms with E-state index < -0.39 is 0 Å². The molecule has 4 heteroatoms. The lowest BCUT2D eigenvalue weighted by Crippen LogP contribution is -2.08. The Balaban J connectivity index is 2.65. The molecule has 0 N–H and O–H groups in total. The highest BCUT2D eigenvalue weighted by Gasteiger charge is 2.13. The van der Waals surface area contributed by atoms with Crippen LogP contribution >= 0.6 is 22.6 Å². The molecule has 1 aromatic carbocycles. The first-order chi connectivity index (χ1) is 8.52. The molecular formula is C14H14INO2. The number of rotatable bonds is 2. The van der Waals surface area contributed by atoms with Gasteiger partial charge >= 0.3 is 5.97 Å². The number of esters is 1. The highest BCUT2D eigenvalue weighted by atomic mass is 127. The molecule has 1 aromatic heterocycles. The number of aromatic nitrogens is 1. The van der Waals surface area contributed by atoms with Gasteiger partial charge in [0.15, 0.2) is 0 Å². The second kappa shape index (κ2) is 5.22. The summed E-state index contributed by atoms with van der Waals surface area (Å²) in [6.07, 6.45) is 0. The second-order valence-electron chi connectivity index (χ2n) is 4.19. The molecule has 2 aromatic rings. The van der Waals surface area contributed by atoms with Crippen LogP contribution in [0.2, 0.25) is 0 Å². The standard InChI is InChI=1S/C14H14INO2/c1-4-18-14(17)12-7-11(15)10-6-8(2)5-9(3)13(10)16-12/h5-7H,4H2,1-3H3. The maximum atomic E-state index is 11.7. The van der Waals surface area contributed by atoms with Crippen LogP contribution in [0.25, 0.3) is 10.9 Å². The summed E-state index contributed by atoms with van der Waals surface area (Å²) in [6, 6.07) is 5.94. The van der Waals surface area contributed by atoms with Gasteiger partial charge in [-0.05, 0) is 61.1 Å². The van der Waals surface area contributed by atoms with Gasteiger partial charge in [0, 0.05) is 8.96 Å². The Morgan fingerprint density at radius 1 is 1.33 bits per heavy atom. The molecule has 0 bridgehead atoms. The van der Waals surface area contributed by atoms with Crippen LogP contribution in [-0.2, 0) is 4.74 Å². The van der Waals surface area contributed by atoms with Crippen LogP contribution in [0.4, 0.5) is 0 Å². The second-order valence-corrected chi connectivity index (χ2v) is 5.35. The molecule has 94 valence electrons. The summed E-state index contributed by atoms with van der Waals surface area (Å²) < 4.78 is 6.01. The molecule has 0 saturated heterocycles. The minimum atomic E-state index is -0.364. The Morgan fingerprint density at radius 2 is 2.06 bits per heavy atom. The van der Waals surface area contributed by atoms with E-state index in [1.807, 2.05) is 6.92 Å². The molecular weight excluding hydrogens is 341 g/mol. The number of carbonyl (C=O) groups is 1. The summed E-state index contributed by atoms with van der Waals surface area (Å²) in [5.41, 5.74) is 3.52. The molecule has 0 aliphatic carbocycles. The zero-order valence-electron chi connectivity index (χ0n) is 10.6. The number of hydrogen-bond donors (Lipinski definition) is 0. The predicted octanol–water partition coefficient (Wildman–Crippen LogP) is 3.63. The van der Waals surface area contributed by atoms with E-state index in [2.05, 4.69) is 46.6 Å². The molecule has 0 unspecified atom stereocenters. The summed E-state index contributed by atoms with van der Waals surface area (Å²) in [6.45, 7) is 6.22. The van der Waals surface area contributed by atoms with Crippen molar-refractivity contribution in [2.75, 3.05) is 6.61 Å². The molecule has 0 amide bonds. The number of pyridine rings is 1. The fourth-order valence-electron chi connectivity index (χ4n) is 1.95. The van der Waals surface area contributed by atoms with Crippen molar-refractivity contribution in [3.05, 3.63) is 38.6 Å². The van der Waals surface area contributed by atoms with Gasteiger partial charge in [0.05, 0.1) is 12.1 Å². The largest absolute Gasteiger partial charge is 0.461 e. The van der Waals surface area contributed by atoms with Crippen molar-refractivity contribution in [2.24, 2.45) is 0 Å². The van der Waals surface area contributed by atoms with Gasteiger partial charge in [-0.25, -0.2) is 9.78 Å². The van der Waals surface area contributed by atoms with E-state index in [1.54, 1.807) is 13.0 Å². The number of aryl methyl sites for hydroxylation is 2. The summed E-state index contributed by atoms with van der Waals surface area (Å²) in [5.74, 6) is -0.364. The topological polar surface area (TPSA) is 39.2 Å². The number of benzene rings is 1. The van der Waals surface area contributed by atoms with E-state index in [0.717, 1.165) is 20.0 Å². The van der Waals surface area contributed by atoms with Crippen LogP contribution in [0.15, 0.2) is 18.2 Å². The van der Waals surface area contributed by atoms with Gasteiger partial charge in [0.1, 0.15) is 5.69 Å². The van der Waals surface area contributed by atoms with Gasteiger partial charge in [0.25, 0.3) is 0 Å². The lowest BCUT2D eigenvalue weighted by atomic mass is 10.1. The highest BCUT2D eigenvalue weighted by molar-refractivity contribution is 14.1. The molecule has 0 atom stereocenters. The van der Waals surface area contributed by atoms with Crippen LogP contribution in [0.5, 0.6) is 0 Å². The lowest BCUT2D eigenvalue weighted by molar-refractivity contribution is 0.0520. The first-order valence-corrected chi connectivity index (χ1v) is 6.85. The molecule has 0 saturated carbocycles. The molecule has 0 spiro atoms. The summed E-state index contributed by atoms with van der Waals surface area (Å²) in [5, 5.41) is 1.08. The Kier molecular flexibility index (Phi) is 3.85. The molecule has 0 aliphatic rings. The molecule has 0 fully saturated rings. The third kappa shape index (κ3) is 2.48. The normalized spacial score (nSPS) is 10.7. The van der Waals surface area contributed by atoms with E-state index in [0.29, 0.717) is 12.3 Å². The Hall–Kier alpha value is -1.17. The summed E-state index contributed by atoms with van der Waals surface area (Å²) in [7, 11) is 0.